The first kappa shape index (κ1) is 27.1. The van der Waals surface area contributed by atoms with E-state index in [0.29, 0.717) is 5.56 Å². The Bertz CT molecular complexity index is 1140. The molecule has 0 saturated carbocycles. The normalized spacial score (nSPS) is 12.2. The van der Waals surface area contributed by atoms with Gasteiger partial charge in [-0.3, -0.25) is 19.2 Å². The molecule has 0 fully saturated rings. The van der Waals surface area contributed by atoms with Gasteiger partial charge in [0.2, 0.25) is 11.8 Å². The summed E-state index contributed by atoms with van der Waals surface area (Å²) in [4.78, 5) is 59.1. The third-order valence-corrected chi connectivity index (χ3v) is 4.99. The molecule has 0 bridgehead atoms. The van der Waals surface area contributed by atoms with E-state index in [1.807, 2.05) is 0 Å². The molecule has 13 heteroatoms. The summed E-state index contributed by atoms with van der Waals surface area (Å²) in [5, 5.41) is 25.8. The molecular formula is C22H24ClN5O7. The van der Waals surface area contributed by atoms with Gasteiger partial charge in [-0.2, -0.15) is 0 Å². The standard InChI is InChI=1S/C22H24ClN5O7/c23-15-7-12(19(31)26-9-11-2-1-3-13(29)6-11)4-5-14(15)20(32)28-17(22(34)35)10-27-21(33)16(24)8-18(25)30/h1-7,16-17,29H,8-10,24H2,(H2,25,30)(H,26,31)(H,27,33)(H,28,32)(H,34,35)/t16-,17-/m0/s1. The van der Waals surface area contributed by atoms with Crippen molar-refractivity contribution in [2.45, 2.75) is 25.0 Å². The minimum Gasteiger partial charge on any atom is -0.508 e. The van der Waals surface area contributed by atoms with Gasteiger partial charge in [0.15, 0.2) is 0 Å². The number of nitrogens with one attached hydrogen (secondary N) is 3. The van der Waals surface area contributed by atoms with E-state index >= 15 is 0 Å². The number of rotatable bonds is 11. The van der Waals surface area contributed by atoms with Crippen LogP contribution in [0.2, 0.25) is 5.02 Å². The van der Waals surface area contributed by atoms with Crippen molar-refractivity contribution in [2.75, 3.05) is 6.54 Å². The van der Waals surface area contributed by atoms with Crippen LogP contribution in [-0.4, -0.2) is 58.4 Å². The number of aliphatic carboxylic acids is 1. The number of phenolic OH excluding ortho intramolecular Hbond substituents is 1. The van der Waals surface area contributed by atoms with Crippen LogP contribution in [0, 0.1) is 0 Å². The van der Waals surface area contributed by atoms with Crippen molar-refractivity contribution in [3.8, 4) is 5.75 Å². The fourth-order valence-corrected chi connectivity index (χ4v) is 3.14. The molecule has 0 radical (unpaired) electrons. The topological polar surface area (TPSA) is 214 Å². The third kappa shape index (κ3) is 8.28. The van der Waals surface area contributed by atoms with Crippen LogP contribution in [0.5, 0.6) is 5.75 Å². The average molecular weight is 506 g/mol. The predicted octanol–water partition coefficient (Wildman–Crippen LogP) is -0.522. The molecule has 35 heavy (non-hydrogen) atoms. The maximum atomic E-state index is 12.5. The van der Waals surface area contributed by atoms with E-state index in [2.05, 4.69) is 16.0 Å². The molecule has 2 aromatic rings. The van der Waals surface area contributed by atoms with E-state index < -0.39 is 54.6 Å². The summed E-state index contributed by atoms with van der Waals surface area (Å²) in [7, 11) is 0. The van der Waals surface area contributed by atoms with Gasteiger partial charge in [-0.05, 0) is 35.9 Å². The quantitative estimate of drug-likeness (QED) is 0.210. The molecule has 0 heterocycles. The maximum Gasteiger partial charge on any atom is 0.328 e. The van der Waals surface area contributed by atoms with Gasteiger partial charge in [0, 0.05) is 18.7 Å². The van der Waals surface area contributed by atoms with Crippen molar-refractivity contribution in [3.05, 3.63) is 64.2 Å². The Morgan fingerprint density at radius 1 is 1.00 bits per heavy atom. The molecule has 0 spiro atoms. The Hall–Kier alpha value is -4.16. The largest absolute Gasteiger partial charge is 0.508 e. The fraction of sp³-hybridized carbons (Fsp3) is 0.227. The lowest BCUT2D eigenvalue weighted by Crippen LogP contribution is -2.51. The van der Waals surface area contributed by atoms with Gasteiger partial charge in [0.1, 0.15) is 11.8 Å². The van der Waals surface area contributed by atoms with Crippen LogP contribution in [0.25, 0.3) is 0 Å². The fourth-order valence-electron chi connectivity index (χ4n) is 2.87. The first-order valence-corrected chi connectivity index (χ1v) is 10.6. The number of phenols is 1. The van der Waals surface area contributed by atoms with Crippen LogP contribution in [0.15, 0.2) is 42.5 Å². The molecule has 0 aliphatic carbocycles. The molecule has 0 aliphatic heterocycles. The molecule has 2 rings (SSSR count). The SMILES string of the molecule is NC(=O)C[C@H](N)C(=O)NC[C@H](NC(=O)c1ccc(C(=O)NCc2cccc(O)c2)cc1Cl)C(=O)O. The highest BCUT2D eigenvalue weighted by Gasteiger charge is 2.24. The monoisotopic (exact) mass is 505 g/mol. The first-order valence-electron chi connectivity index (χ1n) is 10.2. The van der Waals surface area contributed by atoms with E-state index in [9.17, 15) is 34.2 Å². The van der Waals surface area contributed by atoms with E-state index in [1.54, 1.807) is 12.1 Å². The van der Waals surface area contributed by atoms with Gasteiger partial charge < -0.3 is 37.6 Å². The average Bonchev–Trinajstić information content (AvgIpc) is 2.79. The number of benzene rings is 2. The number of hydrogen-bond donors (Lipinski definition) is 7. The summed E-state index contributed by atoms with van der Waals surface area (Å²) in [6.45, 7) is -0.373. The van der Waals surface area contributed by atoms with Gasteiger partial charge in [0.25, 0.3) is 11.8 Å². The van der Waals surface area contributed by atoms with Crippen molar-refractivity contribution in [1.82, 2.24) is 16.0 Å². The number of carbonyl (C=O) groups is 5. The Labute approximate surface area is 204 Å². The number of carbonyl (C=O) groups excluding carboxylic acids is 4. The summed E-state index contributed by atoms with van der Waals surface area (Å²) in [6, 6.07) is 7.37. The minimum atomic E-state index is -1.53. The van der Waals surface area contributed by atoms with Gasteiger partial charge in [0.05, 0.1) is 23.0 Å². The number of halogens is 1. The van der Waals surface area contributed by atoms with Crippen LogP contribution in [0.4, 0.5) is 0 Å². The first-order chi connectivity index (χ1) is 16.5. The molecule has 9 N–H and O–H groups in total. The van der Waals surface area contributed by atoms with Gasteiger partial charge in [-0.15, -0.1) is 0 Å². The number of aromatic hydroxyl groups is 1. The molecule has 186 valence electrons. The Kier molecular flexibility index (Phi) is 9.55. The molecule has 0 unspecified atom stereocenters. The van der Waals surface area contributed by atoms with Crippen LogP contribution in [0.1, 0.15) is 32.7 Å². The molecule has 4 amide bonds. The van der Waals surface area contributed by atoms with Gasteiger partial charge in [-0.25, -0.2) is 4.79 Å². The van der Waals surface area contributed by atoms with E-state index in [1.165, 1.54) is 30.3 Å². The third-order valence-electron chi connectivity index (χ3n) is 4.68. The number of carboxylic acids is 1. The second-order valence-electron chi connectivity index (χ2n) is 7.43. The van der Waals surface area contributed by atoms with Gasteiger partial charge >= 0.3 is 5.97 Å². The zero-order valence-corrected chi connectivity index (χ0v) is 19.0. The van der Waals surface area contributed by atoms with Crippen molar-refractivity contribution in [3.63, 3.8) is 0 Å². The zero-order valence-electron chi connectivity index (χ0n) is 18.3. The summed E-state index contributed by atoms with van der Waals surface area (Å²) >= 11 is 6.14. The van der Waals surface area contributed by atoms with E-state index in [-0.39, 0.29) is 28.4 Å². The molecular weight excluding hydrogens is 482 g/mol. The second-order valence-corrected chi connectivity index (χ2v) is 7.84. The lowest BCUT2D eigenvalue weighted by atomic mass is 10.1. The van der Waals surface area contributed by atoms with Crippen molar-refractivity contribution >= 4 is 41.2 Å². The summed E-state index contributed by atoms with van der Waals surface area (Å²) in [5.74, 6) is -4.35. The molecule has 0 aromatic heterocycles. The number of amides is 4. The predicted molar refractivity (Wildman–Crippen MR) is 124 cm³/mol. The molecule has 2 atom stereocenters. The van der Waals surface area contributed by atoms with Crippen molar-refractivity contribution in [1.29, 1.82) is 0 Å². The maximum absolute atomic E-state index is 12.5. The molecule has 2 aromatic carbocycles. The van der Waals surface area contributed by atoms with Crippen molar-refractivity contribution in [2.24, 2.45) is 11.5 Å². The van der Waals surface area contributed by atoms with Crippen LogP contribution < -0.4 is 27.4 Å². The van der Waals surface area contributed by atoms with Crippen LogP contribution in [-0.2, 0) is 20.9 Å². The van der Waals surface area contributed by atoms with Crippen LogP contribution in [0.3, 0.4) is 0 Å². The summed E-state index contributed by atoms with van der Waals surface area (Å²) in [6.07, 6.45) is -0.431. The number of carboxylic acid groups (broad SMARTS) is 1. The molecule has 12 nitrogen and oxygen atoms in total. The molecule has 0 aliphatic rings. The number of primary amides is 1. The Morgan fingerprint density at radius 2 is 1.71 bits per heavy atom. The van der Waals surface area contributed by atoms with E-state index in [4.69, 9.17) is 23.1 Å². The lowest BCUT2D eigenvalue weighted by Gasteiger charge is -2.17. The summed E-state index contributed by atoms with van der Waals surface area (Å²) in [5.41, 5.74) is 11.2. The minimum absolute atomic E-state index is 0.0582. The number of hydrogen-bond acceptors (Lipinski definition) is 7. The number of nitrogens with two attached hydrogens (primary N) is 2. The Balaban J connectivity index is 1.99. The van der Waals surface area contributed by atoms with Crippen LogP contribution >= 0.6 is 11.6 Å². The second kappa shape index (κ2) is 12.3. The lowest BCUT2D eigenvalue weighted by molar-refractivity contribution is -0.139. The van der Waals surface area contributed by atoms with Crippen molar-refractivity contribution < 1.29 is 34.2 Å². The Morgan fingerprint density at radius 3 is 2.31 bits per heavy atom. The molecule has 0 saturated heterocycles. The highest BCUT2D eigenvalue weighted by molar-refractivity contribution is 6.34. The smallest absolute Gasteiger partial charge is 0.328 e. The van der Waals surface area contributed by atoms with E-state index in [0.717, 1.165) is 0 Å². The van der Waals surface area contributed by atoms with Gasteiger partial charge in [-0.1, -0.05) is 23.7 Å². The highest BCUT2D eigenvalue weighted by atomic mass is 35.5. The zero-order chi connectivity index (χ0) is 26.1. The highest BCUT2D eigenvalue weighted by Crippen LogP contribution is 2.18. The summed E-state index contributed by atoms with van der Waals surface area (Å²) < 4.78 is 0.